The quantitative estimate of drug-likeness (QED) is 0.174. The molecule has 4 heteroatoms. The lowest BCUT2D eigenvalue weighted by atomic mass is 9.45. The highest BCUT2D eigenvalue weighted by atomic mass is 16.5. The standard InChI is InChI=1S/C57H45N3O/c1-35-42-28-36-29-43(35)34-56(32-36,33-42)44-25-22-38(23-26-44)54-58-53(37-12-3-2-4-13-37)59-55(60-54)41-15-11-14-39(30-41)40-24-27-46-45-16-5-6-17-47(45)57(50(46)31-40)48-18-7-9-20-51(48)61-52-21-10-8-19-49(52)57/h2-27,30-31,35-36,42-43H,28-29,32-34H2,1H3/t35-,36-,42+,43?,56?/m0/s1. The zero-order valence-electron chi connectivity index (χ0n) is 34.3. The van der Waals surface area contributed by atoms with Crippen LogP contribution in [0.5, 0.6) is 11.5 Å². The molecule has 61 heavy (non-hydrogen) atoms. The Labute approximate surface area is 357 Å². The van der Waals surface area contributed by atoms with Gasteiger partial charge in [0, 0.05) is 27.8 Å². The Hall–Kier alpha value is -6.65. The molecule has 0 N–H and O–H groups in total. The summed E-state index contributed by atoms with van der Waals surface area (Å²) in [5.41, 5.74) is 13.9. The van der Waals surface area contributed by atoms with E-state index in [1.165, 1.54) is 59.9 Å². The van der Waals surface area contributed by atoms with Crippen LogP contribution < -0.4 is 4.74 Å². The zero-order valence-corrected chi connectivity index (χ0v) is 34.3. The summed E-state index contributed by atoms with van der Waals surface area (Å²) in [5.74, 6) is 7.38. The number of nitrogens with zero attached hydrogens (tertiary/aromatic N) is 3. The van der Waals surface area contributed by atoms with Crippen molar-refractivity contribution in [3.05, 3.63) is 198 Å². The summed E-state index contributed by atoms with van der Waals surface area (Å²) >= 11 is 0. The van der Waals surface area contributed by atoms with Crippen molar-refractivity contribution in [3.8, 4) is 67.9 Å². The molecule has 4 bridgehead atoms. The summed E-state index contributed by atoms with van der Waals surface area (Å²) in [4.78, 5) is 15.5. The van der Waals surface area contributed by atoms with Gasteiger partial charge in [0.2, 0.25) is 0 Å². The van der Waals surface area contributed by atoms with E-state index in [0.717, 1.165) is 74.1 Å². The fraction of sp³-hybridized carbons (Fsp3) is 0.211. The van der Waals surface area contributed by atoms with E-state index in [2.05, 4.69) is 159 Å². The molecule has 7 aromatic carbocycles. The highest BCUT2D eigenvalue weighted by molar-refractivity contribution is 5.90. The normalized spacial score (nSPS) is 23.2. The van der Waals surface area contributed by atoms with E-state index in [1.807, 2.05) is 18.2 Å². The first-order valence-electron chi connectivity index (χ1n) is 22.2. The lowest BCUT2D eigenvalue weighted by molar-refractivity contribution is -0.0489. The Kier molecular flexibility index (Phi) is 7.59. The largest absolute Gasteiger partial charge is 0.457 e. The van der Waals surface area contributed by atoms with Gasteiger partial charge in [0.15, 0.2) is 17.5 Å². The van der Waals surface area contributed by atoms with Crippen LogP contribution in [0, 0.1) is 23.7 Å². The van der Waals surface area contributed by atoms with Gasteiger partial charge in [0.05, 0.1) is 5.41 Å². The van der Waals surface area contributed by atoms with Gasteiger partial charge in [-0.25, -0.2) is 15.0 Å². The molecule has 8 aromatic rings. The lowest BCUT2D eigenvalue weighted by Crippen LogP contribution is -2.52. The second kappa shape index (κ2) is 13.2. The molecule has 1 aliphatic heterocycles. The molecule has 4 nitrogen and oxygen atoms in total. The van der Waals surface area contributed by atoms with Crippen LogP contribution in [-0.2, 0) is 10.8 Å². The minimum Gasteiger partial charge on any atom is -0.457 e. The molecule has 0 radical (unpaired) electrons. The molecule has 2 unspecified atom stereocenters. The van der Waals surface area contributed by atoms with E-state index < -0.39 is 5.41 Å². The average Bonchev–Trinajstić information content (AvgIpc) is 3.60. The number of benzene rings is 7. The van der Waals surface area contributed by atoms with Gasteiger partial charge in [-0.2, -0.15) is 0 Å². The van der Waals surface area contributed by atoms with Crippen molar-refractivity contribution in [2.24, 2.45) is 23.7 Å². The van der Waals surface area contributed by atoms with Crippen molar-refractivity contribution in [2.75, 3.05) is 0 Å². The number of hydrogen-bond acceptors (Lipinski definition) is 4. The summed E-state index contributed by atoms with van der Waals surface area (Å²) in [6.45, 7) is 2.52. The minimum absolute atomic E-state index is 0.332. The van der Waals surface area contributed by atoms with Gasteiger partial charge >= 0.3 is 0 Å². The fourth-order valence-electron chi connectivity index (χ4n) is 12.8. The van der Waals surface area contributed by atoms with Crippen LogP contribution in [0.15, 0.2) is 170 Å². The van der Waals surface area contributed by atoms with Gasteiger partial charge in [0.1, 0.15) is 11.5 Å². The van der Waals surface area contributed by atoms with Gasteiger partial charge in [0.25, 0.3) is 0 Å². The van der Waals surface area contributed by atoms with Crippen LogP contribution >= 0.6 is 0 Å². The van der Waals surface area contributed by atoms with Crippen LogP contribution in [0.25, 0.3) is 56.4 Å². The Bertz CT molecular complexity index is 2980. The number of ether oxygens (including phenoxy) is 1. The van der Waals surface area contributed by atoms with Gasteiger partial charge in [-0.05, 0) is 124 Å². The third kappa shape index (κ3) is 5.21. The summed E-state index contributed by atoms with van der Waals surface area (Å²) in [6, 6.07) is 61.3. The van der Waals surface area contributed by atoms with Gasteiger partial charge in [-0.15, -0.1) is 0 Å². The first-order chi connectivity index (χ1) is 30.0. The maximum Gasteiger partial charge on any atom is 0.164 e. The molecule has 294 valence electrons. The number of hydrogen-bond donors (Lipinski definition) is 0. The minimum atomic E-state index is -0.525. The summed E-state index contributed by atoms with van der Waals surface area (Å²) in [7, 11) is 0. The van der Waals surface area contributed by atoms with E-state index in [1.54, 1.807) is 0 Å². The SMILES string of the molecule is C[C@@H]1C2C[C@@H]3C[C@@H]1CC(c1ccc(-c4nc(-c5ccccc5)nc(-c5cccc(-c6ccc7c(c6)C6(c8ccccc8Oc8ccccc86)c6ccccc6-7)c5)n4)cc1)(C2)C3. The van der Waals surface area contributed by atoms with Crippen molar-refractivity contribution in [1.29, 1.82) is 0 Å². The molecular formula is C57H45N3O. The van der Waals surface area contributed by atoms with Crippen LogP contribution in [0.4, 0.5) is 0 Å². The molecule has 0 saturated heterocycles. The number of fused-ring (bicyclic) bond motifs is 9. The monoisotopic (exact) mass is 787 g/mol. The molecule has 2 heterocycles. The van der Waals surface area contributed by atoms with Gasteiger partial charge in [-0.1, -0.05) is 153 Å². The topological polar surface area (TPSA) is 47.9 Å². The molecule has 0 amide bonds. The summed E-state index contributed by atoms with van der Waals surface area (Å²) in [5, 5.41) is 0. The van der Waals surface area contributed by atoms with Crippen LogP contribution in [0.2, 0.25) is 0 Å². The molecular weight excluding hydrogens is 743 g/mol. The number of aromatic nitrogens is 3. The summed E-state index contributed by atoms with van der Waals surface area (Å²) < 4.78 is 6.60. The lowest BCUT2D eigenvalue weighted by Gasteiger charge is -2.60. The Morgan fingerprint density at radius 1 is 0.443 bits per heavy atom. The van der Waals surface area contributed by atoms with E-state index >= 15 is 0 Å². The second-order valence-corrected chi connectivity index (χ2v) is 18.6. The number of para-hydroxylation sites is 2. The predicted octanol–water partition coefficient (Wildman–Crippen LogP) is 13.7. The molecule has 14 rings (SSSR count). The molecule has 5 aliphatic carbocycles. The Morgan fingerprint density at radius 2 is 0.967 bits per heavy atom. The highest BCUT2D eigenvalue weighted by Crippen LogP contribution is 2.64. The van der Waals surface area contributed by atoms with E-state index in [4.69, 9.17) is 19.7 Å². The maximum atomic E-state index is 6.60. The smallest absolute Gasteiger partial charge is 0.164 e. The van der Waals surface area contributed by atoms with E-state index in [-0.39, 0.29) is 0 Å². The van der Waals surface area contributed by atoms with Crippen molar-refractivity contribution in [2.45, 2.75) is 49.9 Å². The third-order valence-corrected chi connectivity index (χ3v) is 15.5. The van der Waals surface area contributed by atoms with Crippen LogP contribution in [-0.4, -0.2) is 15.0 Å². The maximum absolute atomic E-state index is 6.60. The molecule has 1 spiro atoms. The molecule has 5 atom stereocenters. The third-order valence-electron chi connectivity index (χ3n) is 15.5. The van der Waals surface area contributed by atoms with Crippen molar-refractivity contribution in [1.82, 2.24) is 15.0 Å². The molecule has 4 fully saturated rings. The molecule has 1 aromatic heterocycles. The molecule has 4 saturated carbocycles. The fourth-order valence-corrected chi connectivity index (χ4v) is 12.8. The zero-order chi connectivity index (χ0) is 40.3. The Balaban J connectivity index is 0.918. The van der Waals surface area contributed by atoms with Gasteiger partial charge < -0.3 is 4.74 Å². The average molecular weight is 788 g/mol. The van der Waals surface area contributed by atoms with Crippen molar-refractivity contribution < 1.29 is 4.74 Å². The van der Waals surface area contributed by atoms with Crippen LogP contribution in [0.1, 0.15) is 66.8 Å². The van der Waals surface area contributed by atoms with Crippen molar-refractivity contribution >= 4 is 0 Å². The van der Waals surface area contributed by atoms with E-state index in [9.17, 15) is 0 Å². The van der Waals surface area contributed by atoms with Crippen molar-refractivity contribution in [3.63, 3.8) is 0 Å². The first-order valence-corrected chi connectivity index (χ1v) is 22.2. The second-order valence-electron chi connectivity index (χ2n) is 18.6. The van der Waals surface area contributed by atoms with E-state index in [0.29, 0.717) is 22.9 Å². The first kappa shape index (κ1) is 35.1. The number of rotatable bonds is 5. The predicted molar refractivity (Wildman–Crippen MR) is 243 cm³/mol. The highest BCUT2D eigenvalue weighted by Gasteiger charge is 2.55. The van der Waals surface area contributed by atoms with Crippen LogP contribution in [0.3, 0.4) is 0 Å². The molecule has 6 aliphatic rings. The Morgan fingerprint density at radius 3 is 1.67 bits per heavy atom. The summed E-state index contributed by atoms with van der Waals surface area (Å²) in [6.07, 6.45) is 6.92. The van der Waals surface area contributed by atoms with Gasteiger partial charge in [-0.3, -0.25) is 0 Å².